The van der Waals surface area contributed by atoms with Crippen molar-refractivity contribution < 1.29 is 4.74 Å². The third-order valence-electron chi connectivity index (χ3n) is 3.94. The minimum Gasteiger partial charge on any atom is -0.479 e. The second-order valence-corrected chi connectivity index (χ2v) is 5.69. The molecule has 0 saturated heterocycles. The van der Waals surface area contributed by atoms with Crippen LogP contribution in [-0.4, -0.2) is 26.6 Å². The summed E-state index contributed by atoms with van der Waals surface area (Å²) < 4.78 is 8.12. The SMILES string of the molecule is COc1ncnc2c1[nH]c(=S)n2C1CCCC(C)C1. The van der Waals surface area contributed by atoms with E-state index in [-0.39, 0.29) is 0 Å². The molecule has 1 N–H and O–H groups in total. The number of hydrogen-bond acceptors (Lipinski definition) is 4. The van der Waals surface area contributed by atoms with Gasteiger partial charge in [0.2, 0.25) is 5.88 Å². The highest BCUT2D eigenvalue weighted by atomic mass is 32.1. The number of aromatic amines is 1. The Balaban J connectivity index is 2.13. The summed E-state index contributed by atoms with van der Waals surface area (Å²) in [5, 5.41) is 0. The summed E-state index contributed by atoms with van der Waals surface area (Å²) in [7, 11) is 1.61. The first kappa shape index (κ1) is 12.6. The van der Waals surface area contributed by atoms with Crippen molar-refractivity contribution in [1.82, 2.24) is 19.5 Å². The fourth-order valence-electron chi connectivity index (χ4n) is 3.05. The summed E-state index contributed by atoms with van der Waals surface area (Å²) in [5.41, 5.74) is 1.66. The van der Waals surface area contributed by atoms with Crippen LogP contribution in [0.1, 0.15) is 38.6 Å². The summed E-state index contributed by atoms with van der Waals surface area (Å²) >= 11 is 5.46. The molecule has 0 radical (unpaired) electrons. The highest BCUT2D eigenvalue weighted by Gasteiger charge is 2.24. The van der Waals surface area contributed by atoms with Crippen LogP contribution >= 0.6 is 12.2 Å². The Kier molecular flexibility index (Phi) is 3.26. The quantitative estimate of drug-likeness (QED) is 0.857. The van der Waals surface area contributed by atoms with E-state index in [2.05, 4.69) is 26.4 Å². The topological polar surface area (TPSA) is 55.7 Å². The van der Waals surface area contributed by atoms with E-state index in [0.717, 1.165) is 29.9 Å². The van der Waals surface area contributed by atoms with Crippen molar-refractivity contribution in [1.29, 1.82) is 0 Å². The molecular formula is C13H18N4OS. The maximum atomic E-state index is 5.46. The zero-order valence-corrected chi connectivity index (χ0v) is 12.0. The molecule has 2 aromatic heterocycles. The monoisotopic (exact) mass is 278 g/mol. The molecule has 1 aliphatic carbocycles. The number of nitrogens with one attached hydrogen (secondary N) is 1. The van der Waals surface area contributed by atoms with Gasteiger partial charge in [0, 0.05) is 6.04 Å². The third-order valence-corrected chi connectivity index (χ3v) is 4.24. The molecule has 102 valence electrons. The van der Waals surface area contributed by atoms with Crippen molar-refractivity contribution in [3.8, 4) is 5.88 Å². The van der Waals surface area contributed by atoms with Crippen LogP contribution < -0.4 is 4.74 Å². The molecule has 2 unspecified atom stereocenters. The first-order valence-electron chi connectivity index (χ1n) is 6.70. The van der Waals surface area contributed by atoms with E-state index in [1.54, 1.807) is 7.11 Å². The normalized spacial score (nSPS) is 23.7. The maximum Gasteiger partial charge on any atom is 0.242 e. The Morgan fingerprint density at radius 2 is 2.26 bits per heavy atom. The van der Waals surface area contributed by atoms with E-state index in [1.807, 2.05) is 0 Å². The molecule has 2 atom stereocenters. The molecule has 6 heteroatoms. The van der Waals surface area contributed by atoms with Crippen LogP contribution in [0.4, 0.5) is 0 Å². The van der Waals surface area contributed by atoms with Gasteiger partial charge in [-0.05, 0) is 31.0 Å². The van der Waals surface area contributed by atoms with Gasteiger partial charge in [0.05, 0.1) is 7.11 Å². The Bertz CT molecular complexity index is 648. The van der Waals surface area contributed by atoms with E-state index >= 15 is 0 Å². The molecule has 3 rings (SSSR count). The molecular weight excluding hydrogens is 260 g/mol. The van der Waals surface area contributed by atoms with Crippen molar-refractivity contribution in [2.24, 2.45) is 5.92 Å². The van der Waals surface area contributed by atoms with Crippen molar-refractivity contribution in [2.45, 2.75) is 38.6 Å². The Morgan fingerprint density at radius 1 is 1.42 bits per heavy atom. The maximum absolute atomic E-state index is 5.46. The van der Waals surface area contributed by atoms with Crippen molar-refractivity contribution >= 4 is 23.4 Å². The Morgan fingerprint density at radius 3 is 3.00 bits per heavy atom. The van der Waals surface area contributed by atoms with Crippen LogP contribution in [0, 0.1) is 10.7 Å². The average molecular weight is 278 g/mol. The summed E-state index contributed by atoms with van der Waals surface area (Å²) in [5.74, 6) is 1.30. The van der Waals surface area contributed by atoms with Gasteiger partial charge in [0.25, 0.3) is 0 Å². The summed E-state index contributed by atoms with van der Waals surface area (Å²) in [6.45, 7) is 2.31. The molecule has 2 heterocycles. The van der Waals surface area contributed by atoms with Crippen LogP contribution in [0.2, 0.25) is 0 Å². The van der Waals surface area contributed by atoms with Gasteiger partial charge in [-0.1, -0.05) is 19.8 Å². The highest BCUT2D eigenvalue weighted by Crippen LogP contribution is 2.34. The zero-order chi connectivity index (χ0) is 13.4. The minimum atomic E-state index is 0.435. The third kappa shape index (κ3) is 2.14. The van der Waals surface area contributed by atoms with Gasteiger partial charge in [-0.25, -0.2) is 4.98 Å². The predicted octanol–water partition coefficient (Wildman–Crippen LogP) is 3.25. The summed E-state index contributed by atoms with van der Waals surface area (Å²) in [4.78, 5) is 11.7. The fraction of sp³-hybridized carbons (Fsp3) is 0.615. The number of methoxy groups -OCH3 is 1. The molecule has 5 nitrogen and oxygen atoms in total. The van der Waals surface area contributed by atoms with E-state index in [1.165, 1.54) is 19.2 Å². The molecule has 1 aliphatic rings. The summed E-state index contributed by atoms with van der Waals surface area (Å²) in [6, 6.07) is 0.435. The summed E-state index contributed by atoms with van der Waals surface area (Å²) in [6.07, 6.45) is 6.42. The smallest absolute Gasteiger partial charge is 0.242 e. The lowest BCUT2D eigenvalue weighted by atomic mass is 9.87. The first-order chi connectivity index (χ1) is 9.20. The van der Waals surface area contributed by atoms with Crippen LogP contribution in [0.15, 0.2) is 6.33 Å². The number of ether oxygens (including phenoxy) is 1. The van der Waals surface area contributed by atoms with Gasteiger partial charge in [-0.3, -0.25) is 4.57 Å². The lowest BCUT2D eigenvalue weighted by Gasteiger charge is -2.27. The minimum absolute atomic E-state index is 0.435. The number of H-pyrrole nitrogens is 1. The van der Waals surface area contributed by atoms with E-state index in [4.69, 9.17) is 17.0 Å². The molecule has 0 bridgehead atoms. The molecule has 0 amide bonds. The highest BCUT2D eigenvalue weighted by molar-refractivity contribution is 7.71. The number of fused-ring (bicyclic) bond motifs is 1. The van der Waals surface area contributed by atoms with E-state index in [9.17, 15) is 0 Å². The Hall–Kier alpha value is -1.43. The second kappa shape index (κ2) is 4.92. The average Bonchev–Trinajstić information content (AvgIpc) is 2.74. The number of aromatic nitrogens is 4. The number of hydrogen-bond donors (Lipinski definition) is 1. The van der Waals surface area contributed by atoms with Gasteiger partial charge in [0.1, 0.15) is 11.8 Å². The van der Waals surface area contributed by atoms with Gasteiger partial charge in [-0.2, -0.15) is 4.98 Å². The molecule has 0 spiro atoms. The molecule has 1 fully saturated rings. The lowest BCUT2D eigenvalue weighted by Crippen LogP contribution is -2.18. The lowest BCUT2D eigenvalue weighted by molar-refractivity contribution is 0.284. The van der Waals surface area contributed by atoms with E-state index < -0.39 is 0 Å². The van der Waals surface area contributed by atoms with Gasteiger partial charge >= 0.3 is 0 Å². The zero-order valence-electron chi connectivity index (χ0n) is 11.2. The van der Waals surface area contributed by atoms with Crippen molar-refractivity contribution in [3.63, 3.8) is 0 Å². The standard InChI is InChI=1S/C13H18N4OS/c1-8-4-3-5-9(6-8)17-11-10(16-13(17)19)12(18-2)15-7-14-11/h7-9H,3-6H2,1-2H3,(H,16,19). The largest absolute Gasteiger partial charge is 0.479 e. The fourth-order valence-corrected chi connectivity index (χ4v) is 3.38. The molecule has 1 saturated carbocycles. The first-order valence-corrected chi connectivity index (χ1v) is 7.10. The predicted molar refractivity (Wildman–Crippen MR) is 75.9 cm³/mol. The van der Waals surface area contributed by atoms with Gasteiger partial charge < -0.3 is 9.72 Å². The number of imidazole rings is 1. The molecule has 19 heavy (non-hydrogen) atoms. The molecule has 2 aromatic rings. The second-order valence-electron chi connectivity index (χ2n) is 5.31. The van der Waals surface area contributed by atoms with Crippen molar-refractivity contribution in [2.75, 3.05) is 7.11 Å². The number of rotatable bonds is 2. The van der Waals surface area contributed by atoms with Crippen LogP contribution in [-0.2, 0) is 0 Å². The van der Waals surface area contributed by atoms with Gasteiger partial charge in [-0.15, -0.1) is 0 Å². The number of nitrogens with zero attached hydrogens (tertiary/aromatic N) is 3. The van der Waals surface area contributed by atoms with Crippen molar-refractivity contribution in [3.05, 3.63) is 11.1 Å². The van der Waals surface area contributed by atoms with Gasteiger partial charge in [0.15, 0.2) is 10.4 Å². The molecule has 0 aromatic carbocycles. The Labute approximate surface area is 117 Å². The van der Waals surface area contributed by atoms with Crippen LogP contribution in [0.5, 0.6) is 5.88 Å². The molecule has 0 aliphatic heterocycles. The van der Waals surface area contributed by atoms with E-state index in [0.29, 0.717) is 16.7 Å². The van der Waals surface area contributed by atoms with Crippen LogP contribution in [0.25, 0.3) is 11.2 Å². The van der Waals surface area contributed by atoms with Crippen LogP contribution in [0.3, 0.4) is 0 Å².